The molecule has 0 spiro atoms. The Morgan fingerprint density at radius 1 is 1.15 bits per heavy atom. The highest BCUT2D eigenvalue weighted by atomic mass is 16.6. The van der Waals surface area contributed by atoms with Crippen molar-refractivity contribution in [1.82, 2.24) is 0 Å². The molecule has 0 amide bonds. The average molecular weight is 365 g/mol. The molecule has 2 N–H and O–H groups in total. The maximum absolute atomic E-state index is 11.6. The van der Waals surface area contributed by atoms with Gasteiger partial charge in [0.25, 0.3) is 0 Å². The van der Waals surface area contributed by atoms with Gasteiger partial charge in [-0.3, -0.25) is 4.79 Å². The highest BCUT2D eigenvalue weighted by molar-refractivity contribution is 5.66. The Hall–Kier alpha value is -1.39. The Balaban J connectivity index is 3.31. The molecular formula is C22H36O4. The fourth-order valence-corrected chi connectivity index (χ4v) is 3.20. The van der Waals surface area contributed by atoms with Crippen molar-refractivity contribution in [3.05, 3.63) is 35.5 Å². The molecule has 1 aliphatic carbocycles. The van der Waals surface area contributed by atoms with E-state index < -0.39 is 23.3 Å². The molecule has 0 aromatic rings. The molecule has 0 heterocycles. The van der Waals surface area contributed by atoms with Gasteiger partial charge in [-0.25, -0.2) is 0 Å². The van der Waals surface area contributed by atoms with Crippen LogP contribution in [0.3, 0.4) is 0 Å². The Bertz CT molecular complexity index is 569. The smallest absolute Gasteiger partial charge is 0.303 e. The first-order valence-electron chi connectivity index (χ1n) is 9.60. The molecule has 0 aromatic carbocycles. The molecule has 0 fully saturated rings. The summed E-state index contributed by atoms with van der Waals surface area (Å²) in [5.41, 5.74) is 0.0113. The first-order valence-corrected chi connectivity index (χ1v) is 9.60. The van der Waals surface area contributed by atoms with E-state index in [2.05, 4.69) is 19.1 Å². The predicted molar refractivity (Wildman–Crippen MR) is 106 cm³/mol. The van der Waals surface area contributed by atoms with Crippen molar-refractivity contribution in [2.45, 2.75) is 91.0 Å². The van der Waals surface area contributed by atoms with Crippen LogP contribution < -0.4 is 0 Å². The summed E-state index contributed by atoms with van der Waals surface area (Å²) >= 11 is 0. The molecule has 3 atom stereocenters. The summed E-state index contributed by atoms with van der Waals surface area (Å²) in [6.45, 7) is 11.0. The number of hydrogen-bond donors (Lipinski definition) is 2. The number of hydrogen-bond acceptors (Lipinski definition) is 4. The van der Waals surface area contributed by atoms with Gasteiger partial charge < -0.3 is 14.9 Å². The standard InChI is InChI=1S/C22H36O4/c1-16(2)22(25)14-13-21(6,24)12-8-11-17(3)9-7-10-18(4)15-20(22)26-19(5)23/h10-11,13-14,16,20,24-25H,7-9,12,15H2,1-6H3/b14-13+,17-11+,18-10+. The Kier molecular flexibility index (Phi) is 8.29. The first kappa shape index (κ1) is 22.7. The van der Waals surface area contributed by atoms with Crippen LogP contribution in [-0.2, 0) is 9.53 Å². The molecule has 26 heavy (non-hydrogen) atoms. The Morgan fingerprint density at radius 2 is 1.77 bits per heavy atom. The third-order valence-corrected chi connectivity index (χ3v) is 5.14. The molecule has 148 valence electrons. The number of rotatable bonds is 2. The fraction of sp³-hybridized carbons (Fsp3) is 0.682. The third-order valence-electron chi connectivity index (χ3n) is 5.14. The SMILES string of the molecule is CC(=O)OC1C/C(C)=C/CC/C(C)=C/CCC(C)(O)/C=C/C1(O)C(C)C. The van der Waals surface area contributed by atoms with E-state index in [0.717, 1.165) is 24.8 Å². The number of aliphatic hydroxyl groups is 2. The third kappa shape index (κ3) is 7.08. The zero-order valence-electron chi connectivity index (χ0n) is 17.2. The minimum atomic E-state index is -1.35. The second kappa shape index (κ2) is 9.52. The van der Waals surface area contributed by atoms with E-state index in [9.17, 15) is 15.0 Å². The second-order valence-electron chi connectivity index (χ2n) is 8.21. The van der Waals surface area contributed by atoms with E-state index in [1.54, 1.807) is 19.1 Å². The van der Waals surface area contributed by atoms with Crippen molar-refractivity contribution in [1.29, 1.82) is 0 Å². The molecule has 0 bridgehead atoms. The monoisotopic (exact) mass is 364 g/mol. The van der Waals surface area contributed by atoms with Crippen LogP contribution in [0.5, 0.6) is 0 Å². The predicted octanol–water partition coefficient (Wildman–Crippen LogP) is 4.47. The summed E-state index contributed by atoms with van der Waals surface area (Å²) in [7, 11) is 0. The number of allylic oxidation sites excluding steroid dienone is 3. The van der Waals surface area contributed by atoms with Gasteiger partial charge in [-0.1, -0.05) is 49.3 Å². The van der Waals surface area contributed by atoms with E-state index in [1.807, 2.05) is 20.8 Å². The van der Waals surface area contributed by atoms with E-state index in [0.29, 0.717) is 12.8 Å². The molecule has 4 heteroatoms. The molecule has 4 nitrogen and oxygen atoms in total. The van der Waals surface area contributed by atoms with Crippen LogP contribution in [0, 0.1) is 5.92 Å². The van der Waals surface area contributed by atoms with Crippen LogP contribution in [0.15, 0.2) is 35.5 Å². The lowest BCUT2D eigenvalue weighted by Crippen LogP contribution is -2.48. The average Bonchev–Trinajstić information content (AvgIpc) is 2.50. The van der Waals surface area contributed by atoms with Crippen LogP contribution in [0.4, 0.5) is 0 Å². The molecule has 1 rings (SSSR count). The molecule has 0 aliphatic heterocycles. The summed E-state index contributed by atoms with van der Waals surface area (Å²) < 4.78 is 5.51. The number of esters is 1. The lowest BCUT2D eigenvalue weighted by Gasteiger charge is -2.37. The van der Waals surface area contributed by atoms with Crippen molar-refractivity contribution in [3.63, 3.8) is 0 Å². The van der Waals surface area contributed by atoms with Gasteiger partial charge in [0.05, 0.1) is 5.60 Å². The van der Waals surface area contributed by atoms with Gasteiger partial charge in [-0.2, -0.15) is 0 Å². The topological polar surface area (TPSA) is 66.8 Å². The molecule has 0 aromatic heterocycles. The van der Waals surface area contributed by atoms with Crippen molar-refractivity contribution in [2.24, 2.45) is 5.92 Å². The minimum Gasteiger partial charge on any atom is -0.459 e. The zero-order valence-corrected chi connectivity index (χ0v) is 17.2. The molecule has 0 saturated carbocycles. The highest BCUT2D eigenvalue weighted by Gasteiger charge is 2.40. The van der Waals surface area contributed by atoms with Crippen molar-refractivity contribution >= 4 is 5.97 Å². The molecular weight excluding hydrogens is 328 g/mol. The van der Waals surface area contributed by atoms with Crippen LogP contribution in [0.1, 0.15) is 73.6 Å². The maximum Gasteiger partial charge on any atom is 0.303 e. The lowest BCUT2D eigenvalue weighted by atomic mass is 9.80. The highest BCUT2D eigenvalue weighted by Crippen LogP contribution is 2.31. The van der Waals surface area contributed by atoms with Gasteiger partial charge in [0.1, 0.15) is 11.7 Å². The zero-order chi connectivity index (χ0) is 20.0. The van der Waals surface area contributed by atoms with Gasteiger partial charge >= 0.3 is 5.97 Å². The Labute approximate surface area is 158 Å². The van der Waals surface area contributed by atoms with Crippen LogP contribution in [0.25, 0.3) is 0 Å². The maximum atomic E-state index is 11.6. The molecule has 0 saturated heterocycles. The lowest BCUT2D eigenvalue weighted by molar-refractivity contribution is -0.161. The normalized spacial score (nSPS) is 37.0. The number of carbonyl (C=O) groups is 1. The van der Waals surface area contributed by atoms with Gasteiger partial charge in [0, 0.05) is 13.3 Å². The van der Waals surface area contributed by atoms with E-state index >= 15 is 0 Å². The van der Waals surface area contributed by atoms with Crippen LogP contribution >= 0.6 is 0 Å². The van der Waals surface area contributed by atoms with E-state index in [1.165, 1.54) is 12.5 Å². The van der Waals surface area contributed by atoms with E-state index in [4.69, 9.17) is 4.74 Å². The van der Waals surface area contributed by atoms with Gasteiger partial charge in [-0.05, 0) is 52.4 Å². The fourth-order valence-electron chi connectivity index (χ4n) is 3.20. The summed E-state index contributed by atoms with van der Waals surface area (Å²) in [6.07, 6.45) is 10.6. The van der Waals surface area contributed by atoms with Crippen LogP contribution in [0.2, 0.25) is 0 Å². The number of carbonyl (C=O) groups excluding carboxylic acids is 1. The summed E-state index contributed by atoms with van der Waals surface area (Å²) in [6, 6.07) is 0. The summed E-state index contributed by atoms with van der Waals surface area (Å²) in [5, 5.41) is 22.0. The van der Waals surface area contributed by atoms with Gasteiger partial charge in [0.15, 0.2) is 0 Å². The van der Waals surface area contributed by atoms with Gasteiger partial charge in [-0.15, -0.1) is 0 Å². The van der Waals surface area contributed by atoms with Crippen molar-refractivity contribution < 1.29 is 19.7 Å². The van der Waals surface area contributed by atoms with Crippen molar-refractivity contribution in [3.8, 4) is 0 Å². The van der Waals surface area contributed by atoms with Crippen LogP contribution in [-0.4, -0.2) is 33.5 Å². The van der Waals surface area contributed by atoms with Crippen molar-refractivity contribution in [2.75, 3.05) is 0 Å². The first-order chi connectivity index (χ1) is 12.0. The summed E-state index contributed by atoms with van der Waals surface area (Å²) in [5.74, 6) is -0.594. The minimum absolute atomic E-state index is 0.179. The largest absolute Gasteiger partial charge is 0.459 e. The number of ether oxygens (including phenoxy) is 1. The molecule has 3 unspecified atom stereocenters. The Morgan fingerprint density at radius 3 is 2.35 bits per heavy atom. The molecule has 1 aliphatic rings. The second-order valence-corrected chi connectivity index (χ2v) is 8.21. The summed E-state index contributed by atoms with van der Waals surface area (Å²) in [4.78, 5) is 11.6. The quantitative estimate of drug-likeness (QED) is 0.560. The van der Waals surface area contributed by atoms with E-state index in [-0.39, 0.29) is 5.92 Å². The van der Waals surface area contributed by atoms with Gasteiger partial charge in [0.2, 0.25) is 0 Å². The molecule has 0 radical (unpaired) electrons.